The first kappa shape index (κ1) is 20.6. The van der Waals surface area contributed by atoms with E-state index in [2.05, 4.69) is 0 Å². The Labute approximate surface area is 131 Å². The zero-order chi connectivity index (χ0) is 17.7. The highest BCUT2D eigenvalue weighted by Gasteiger charge is 2.46. The molecule has 11 nitrogen and oxygen atoms in total. The molecular formula is C12H24O11. The third kappa shape index (κ3) is 4.78. The van der Waals surface area contributed by atoms with Crippen molar-refractivity contribution in [3.05, 3.63) is 0 Å². The van der Waals surface area contributed by atoms with Crippen LogP contribution < -0.4 is 0 Å². The predicted molar refractivity (Wildman–Crippen MR) is 70.8 cm³/mol. The topological polar surface area (TPSA) is 201 Å². The van der Waals surface area contributed by atoms with Crippen LogP contribution in [0.15, 0.2) is 0 Å². The van der Waals surface area contributed by atoms with Crippen LogP contribution in [-0.2, 0) is 9.47 Å². The summed E-state index contributed by atoms with van der Waals surface area (Å²) in [5.41, 5.74) is 0. The molecule has 0 radical (unpaired) electrons. The lowest BCUT2D eigenvalue weighted by Crippen LogP contribution is -2.61. The molecule has 0 amide bonds. The Hall–Kier alpha value is -0.440. The number of aliphatic hydroxyl groups is 9. The average Bonchev–Trinajstić information content (AvgIpc) is 2.57. The molecule has 0 spiro atoms. The smallest absolute Gasteiger partial charge is 0.187 e. The second kappa shape index (κ2) is 9.15. The second-order valence-corrected chi connectivity index (χ2v) is 5.29. The highest BCUT2D eigenvalue weighted by molar-refractivity contribution is 4.91. The maximum absolute atomic E-state index is 9.83. The zero-order valence-electron chi connectivity index (χ0n) is 12.2. The second-order valence-electron chi connectivity index (χ2n) is 5.29. The molecule has 4 unspecified atom stereocenters. The van der Waals surface area contributed by atoms with Crippen LogP contribution in [0.4, 0.5) is 0 Å². The monoisotopic (exact) mass is 344 g/mol. The van der Waals surface area contributed by atoms with Gasteiger partial charge in [0.25, 0.3) is 0 Å². The minimum atomic E-state index is -1.85. The summed E-state index contributed by atoms with van der Waals surface area (Å²) in [5.74, 6) is 0. The molecule has 1 aliphatic rings. The summed E-state index contributed by atoms with van der Waals surface area (Å²) in [4.78, 5) is 0. The molecule has 9 atom stereocenters. The average molecular weight is 344 g/mol. The maximum Gasteiger partial charge on any atom is 0.187 e. The van der Waals surface area contributed by atoms with E-state index in [4.69, 9.17) is 24.8 Å². The number of hydrogen-bond donors (Lipinski definition) is 9. The molecule has 23 heavy (non-hydrogen) atoms. The number of rotatable bonds is 8. The Morgan fingerprint density at radius 3 is 1.87 bits per heavy atom. The standard InChI is InChI=1S/C12H24O11/c13-1-4(16)7(18)11(5(17)2-14)23-12-10(21)9(20)8(19)6(3-15)22-12/h4-21H,1-3H2/t4-,5?,6?,7?,8-,9?,10+,11-,12-/m1/s1. The van der Waals surface area contributed by atoms with Gasteiger partial charge in [0.05, 0.1) is 19.8 Å². The molecule has 1 aliphatic heterocycles. The van der Waals surface area contributed by atoms with Crippen molar-refractivity contribution in [2.75, 3.05) is 19.8 Å². The first-order valence-corrected chi connectivity index (χ1v) is 7.00. The van der Waals surface area contributed by atoms with Gasteiger partial charge in [0.2, 0.25) is 0 Å². The third-order valence-corrected chi connectivity index (χ3v) is 3.62. The predicted octanol–water partition coefficient (Wildman–Crippen LogP) is -5.76. The van der Waals surface area contributed by atoms with Crippen LogP contribution >= 0.6 is 0 Å². The molecule has 11 heteroatoms. The Morgan fingerprint density at radius 2 is 1.39 bits per heavy atom. The van der Waals surface area contributed by atoms with E-state index in [1.54, 1.807) is 0 Å². The largest absolute Gasteiger partial charge is 0.394 e. The van der Waals surface area contributed by atoms with Crippen molar-refractivity contribution >= 4 is 0 Å². The van der Waals surface area contributed by atoms with Gasteiger partial charge in [-0.05, 0) is 0 Å². The van der Waals surface area contributed by atoms with Crippen molar-refractivity contribution in [2.24, 2.45) is 0 Å². The van der Waals surface area contributed by atoms with E-state index in [0.717, 1.165) is 0 Å². The van der Waals surface area contributed by atoms with Crippen molar-refractivity contribution in [3.8, 4) is 0 Å². The minimum Gasteiger partial charge on any atom is -0.394 e. The highest BCUT2D eigenvalue weighted by Crippen LogP contribution is 2.24. The van der Waals surface area contributed by atoms with Gasteiger partial charge in [-0.3, -0.25) is 0 Å². The fourth-order valence-corrected chi connectivity index (χ4v) is 2.16. The van der Waals surface area contributed by atoms with Crippen molar-refractivity contribution < 1.29 is 55.4 Å². The summed E-state index contributed by atoms with van der Waals surface area (Å²) < 4.78 is 10.1. The molecule has 1 heterocycles. The van der Waals surface area contributed by atoms with Gasteiger partial charge in [0.15, 0.2) is 6.29 Å². The van der Waals surface area contributed by atoms with E-state index in [-0.39, 0.29) is 0 Å². The fraction of sp³-hybridized carbons (Fsp3) is 1.00. The summed E-state index contributed by atoms with van der Waals surface area (Å²) in [5, 5.41) is 84.9. The van der Waals surface area contributed by atoms with E-state index in [1.807, 2.05) is 0 Å². The van der Waals surface area contributed by atoms with E-state index >= 15 is 0 Å². The molecule has 0 aromatic carbocycles. The Bertz CT molecular complexity index is 341. The molecule has 0 aromatic rings. The van der Waals surface area contributed by atoms with E-state index in [0.29, 0.717) is 0 Å². The van der Waals surface area contributed by atoms with Crippen LogP contribution in [0.1, 0.15) is 0 Å². The Balaban J connectivity index is 2.89. The third-order valence-electron chi connectivity index (χ3n) is 3.62. The van der Waals surface area contributed by atoms with E-state index in [9.17, 15) is 30.6 Å². The summed E-state index contributed by atoms with van der Waals surface area (Å²) >= 11 is 0. The molecule has 0 aliphatic carbocycles. The molecule has 0 aromatic heterocycles. The van der Waals surface area contributed by atoms with Crippen molar-refractivity contribution in [3.63, 3.8) is 0 Å². The summed E-state index contributed by atoms with van der Waals surface area (Å²) in [6.07, 6.45) is -15.1. The zero-order valence-corrected chi connectivity index (χ0v) is 12.2. The summed E-state index contributed by atoms with van der Waals surface area (Å²) in [6.45, 7) is -2.45. The molecule has 1 fully saturated rings. The highest BCUT2D eigenvalue weighted by atomic mass is 16.7. The van der Waals surface area contributed by atoms with Crippen molar-refractivity contribution in [1.29, 1.82) is 0 Å². The Kier molecular flexibility index (Phi) is 8.20. The summed E-state index contributed by atoms with van der Waals surface area (Å²) in [6, 6.07) is 0. The van der Waals surface area contributed by atoms with Crippen LogP contribution in [0.3, 0.4) is 0 Å². The normalized spacial score (nSPS) is 37.2. The van der Waals surface area contributed by atoms with Crippen LogP contribution in [0.2, 0.25) is 0 Å². The Morgan fingerprint density at radius 1 is 0.826 bits per heavy atom. The van der Waals surface area contributed by atoms with Gasteiger partial charge in [-0.1, -0.05) is 0 Å². The van der Waals surface area contributed by atoms with Gasteiger partial charge in [-0.2, -0.15) is 0 Å². The number of hydrogen-bond acceptors (Lipinski definition) is 11. The first-order chi connectivity index (χ1) is 10.8. The molecule has 1 saturated heterocycles. The van der Waals surface area contributed by atoms with Gasteiger partial charge < -0.3 is 55.4 Å². The van der Waals surface area contributed by atoms with Crippen LogP contribution in [0.25, 0.3) is 0 Å². The molecule has 138 valence electrons. The maximum atomic E-state index is 9.83. The molecule has 9 N–H and O–H groups in total. The summed E-state index contributed by atoms with van der Waals surface area (Å²) in [7, 11) is 0. The lowest BCUT2D eigenvalue weighted by molar-refractivity contribution is -0.327. The first-order valence-electron chi connectivity index (χ1n) is 7.00. The molecule has 0 saturated carbocycles. The van der Waals surface area contributed by atoms with Gasteiger partial charge in [-0.25, -0.2) is 0 Å². The van der Waals surface area contributed by atoms with E-state index in [1.165, 1.54) is 0 Å². The van der Waals surface area contributed by atoms with Gasteiger partial charge >= 0.3 is 0 Å². The van der Waals surface area contributed by atoms with Crippen LogP contribution in [0.5, 0.6) is 0 Å². The number of aliphatic hydroxyl groups excluding tert-OH is 9. The molecule has 1 rings (SSSR count). The van der Waals surface area contributed by atoms with Crippen LogP contribution in [-0.4, -0.2) is 121 Å². The molecule has 0 bridgehead atoms. The van der Waals surface area contributed by atoms with E-state index < -0.39 is 74.9 Å². The van der Waals surface area contributed by atoms with Gasteiger partial charge in [0, 0.05) is 0 Å². The lowest BCUT2D eigenvalue weighted by Gasteiger charge is -2.42. The SMILES string of the molecule is OCC1O[C@H](O[C@H](C(O)CO)C(O)[C@H](O)CO)[C@@H](O)C(O)[C@@H]1O. The van der Waals surface area contributed by atoms with Gasteiger partial charge in [0.1, 0.15) is 48.8 Å². The van der Waals surface area contributed by atoms with Crippen molar-refractivity contribution in [1.82, 2.24) is 0 Å². The lowest BCUT2D eigenvalue weighted by atomic mass is 9.98. The fourth-order valence-electron chi connectivity index (χ4n) is 2.16. The van der Waals surface area contributed by atoms with Crippen molar-refractivity contribution in [2.45, 2.75) is 55.1 Å². The van der Waals surface area contributed by atoms with Crippen LogP contribution in [0, 0.1) is 0 Å². The minimum absolute atomic E-state index is 0.708. The molecular weight excluding hydrogens is 320 g/mol. The number of ether oxygens (including phenoxy) is 2. The quantitative estimate of drug-likeness (QED) is 0.203. The van der Waals surface area contributed by atoms with Gasteiger partial charge in [-0.15, -0.1) is 0 Å².